The van der Waals surface area contributed by atoms with Crippen LogP contribution in [0.25, 0.3) is 22.4 Å². The van der Waals surface area contributed by atoms with E-state index in [1.165, 1.54) is 4.57 Å². The van der Waals surface area contributed by atoms with Gasteiger partial charge in [0.15, 0.2) is 0 Å². The zero-order chi connectivity index (χ0) is 17.4. The highest BCUT2D eigenvalue weighted by Crippen LogP contribution is 2.25. The molecule has 0 radical (unpaired) electrons. The first kappa shape index (κ1) is 15.1. The summed E-state index contributed by atoms with van der Waals surface area (Å²) in [6.07, 6.45) is -0.141. The number of aromatic nitrogens is 2. The Kier molecular flexibility index (Phi) is 3.53. The molecule has 0 saturated carbocycles. The van der Waals surface area contributed by atoms with Crippen molar-refractivity contribution in [2.24, 2.45) is 0 Å². The van der Waals surface area contributed by atoms with E-state index < -0.39 is 18.0 Å². The van der Waals surface area contributed by atoms with E-state index in [0.717, 1.165) is 5.56 Å². The highest BCUT2D eigenvalue weighted by molar-refractivity contribution is 6.06. The number of nitrogens with one attached hydrogen (secondary N) is 2. The molecular weight excluding hydrogens is 320 g/mol. The number of rotatable bonds is 3. The second kappa shape index (κ2) is 5.86. The smallest absolute Gasteiger partial charge is 0.322 e. The minimum absolute atomic E-state index is 0.141. The van der Waals surface area contributed by atoms with Crippen LogP contribution in [0.5, 0.6) is 0 Å². The van der Waals surface area contributed by atoms with Crippen LogP contribution in [0.2, 0.25) is 0 Å². The third-order valence-corrected chi connectivity index (χ3v) is 4.08. The van der Waals surface area contributed by atoms with E-state index in [4.69, 9.17) is 0 Å². The zero-order valence-corrected chi connectivity index (χ0v) is 13.1. The van der Waals surface area contributed by atoms with Gasteiger partial charge >= 0.3 is 6.03 Å². The molecule has 0 spiro atoms. The quantitative estimate of drug-likeness (QED) is 0.716. The Bertz CT molecular complexity index is 994. The number of carbonyl (C=O) groups is 3. The molecule has 1 fully saturated rings. The van der Waals surface area contributed by atoms with Crippen LogP contribution in [0, 0.1) is 0 Å². The molecule has 25 heavy (non-hydrogen) atoms. The van der Waals surface area contributed by atoms with Crippen LogP contribution in [-0.4, -0.2) is 33.4 Å². The van der Waals surface area contributed by atoms with Crippen LogP contribution >= 0.6 is 0 Å². The Morgan fingerprint density at radius 1 is 1.04 bits per heavy atom. The lowest BCUT2D eigenvalue weighted by molar-refractivity contribution is -0.120. The largest absolute Gasteiger partial charge is 0.325 e. The molecule has 2 heterocycles. The summed E-state index contributed by atoms with van der Waals surface area (Å²) in [6, 6.07) is 15.2. The number of hydrogen-bond acceptors (Lipinski definition) is 4. The highest BCUT2D eigenvalue weighted by Gasteiger charge is 2.32. The lowest BCUT2D eigenvalue weighted by Gasteiger charge is -2.10. The highest BCUT2D eigenvalue weighted by atomic mass is 16.2. The number of amides is 3. The number of fused-ring (bicyclic) bond motifs is 1. The molecule has 0 aliphatic carbocycles. The topological polar surface area (TPSA) is 93.1 Å². The predicted octanol–water partition coefficient (Wildman–Crippen LogP) is 1.94. The molecule has 7 nitrogen and oxygen atoms in total. The molecule has 2 N–H and O–H groups in total. The Morgan fingerprint density at radius 2 is 1.76 bits per heavy atom. The fraction of sp³-hybridized carbons (Fsp3) is 0.111. The average Bonchev–Trinajstić information content (AvgIpc) is 3.15. The molecule has 4 rings (SSSR count). The number of nitrogens with zero attached hydrogens (tertiary/aromatic N) is 2. The van der Waals surface area contributed by atoms with Crippen molar-refractivity contribution < 1.29 is 14.4 Å². The zero-order valence-electron chi connectivity index (χ0n) is 13.1. The molecule has 2 aromatic carbocycles. The first-order valence-corrected chi connectivity index (χ1v) is 7.81. The fourth-order valence-corrected chi connectivity index (χ4v) is 2.93. The van der Waals surface area contributed by atoms with Crippen molar-refractivity contribution in [1.29, 1.82) is 0 Å². The minimum atomic E-state index is -0.871. The van der Waals surface area contributed by atoms with E-state index in [1.54, 1.807) is 6.07 Å². The summed E-state index contributed by atoms with van der Waals surface area (Å²) in [5, 5.41) is 4.58. The number of urea groups is 1. The second-order valence-corrected chi connectivity index (χ2v) is 5.74. The van der Waals surface area contributed by atoms with Crippen LogP contribution in [0.15, 0.2) is 54.6 Å². The molecular formula is C18H14N4O3. The number of para-hydroxylation sites is 2. The molecule has 1 aromatic heterocycles. The maximum absolute atomic E-state index is 12.9. The van der Waals surface area contributed by atoms with Gasteiger partial charge in [0, 0.05) is 5.56 Å². The van der Waals surface area contributed by atoms with Gasteiger partial charge in [0.2, 0.25) is 5.91 Å². The number of carbonyl (C=O) groups excluding carboxylic acids is 3. The summed E-state index contributed by atoms with van der Waals surface area (Å²) >= 11 is 0. The molecule has 1 saturated heterocycles. The Hall–Kier alpha value is -3.48. The second-order valence-electron chi connectivity index (χ2n) is 5.74. The van der Waals surface area contributed by atoms with Crippen LogP contribution in [0.3, 0.4) is 0 Å². The van der Waals surface area contributed by atoms with Crippen molar-refractivity contribution in [3.05, 3.63) is 54.6 Å². The van der Waals surface area contributed by atoms with Gasteiger partial charge in [-0.15, -0.1) is 0 Å². The Morgan fingerprint density at radius 3 is 2.48 bits per heavy atom. The van der Waals surface area contributed by atoms with Gasteiger partial charge in [-0.3, -0.25) is 19.5 Å². The van der Waals surface area contributed by atoms with E-state index in [-0.39, 0.29) is 12.3 Å². The number of hydrogen-bond donors (Lipinski definition) is 2. The fourth-order valence-electron chi connectivity index (χ4n) is 2.93. The third-order valence-electron chi connectivity index (χ3n) is 4.08. The number of imide groups is 1. The molecule has 0 bridgehead atoms. The van der Waals surface area contributed by atoms with Crippen molar-refractivity contribution in [3.8, 4) is 11.4 Å². The summed E-state index contributed by atoms with van der Waals surface area (Å²) < 4.78 is 1.50. The molecule has 1 aliphatic rings. The summed E-state index contributed by atoms with van der Waals surface area (Å²) in [4.78, 5) is 40.5. The SMILES string of the molecule is O=C1NC(=O)[C@@H](CC(=O)n2c(-c3ccccc3)nc3ccccc32)N1. The van der Waals surface area contributed by atoms with Crippen molar-refractivity contribution in [3.63, 3.8) is 0 Å². The van der Waals surface area contributed by atoms with Crippen molar-refractivity contribution in [1.82, 2.24) is 20.2 Å². The molecule has 3 aromatic rings. The van der Waals surface area contributed by atoms with Gasteiger partial charge in [-0.2, -0.15) is 0 Å². The normalized spacial score (nSPS) is 16.7. The van der Waals surface area contributed by atoms with E-state index in [2.05, 4.69) is 15.6 Å². The van der Waals surface area contributed by atoms with Crippen LogP contribution in [0.4, 0.5) is 4.79 Å². The van der Waals surface area contributed by atoms with Crippen molar-refractivity contribution >= 4 is 28.9 Å². The van der Waals surface area contributed by atoms with Crippen molar-refractivity contribution in [2.45, 2.75) is 12.5 Å². The van der Waals surface area contributed by atoms with E-state index in [0.29, 0.717) is 16.9 Å². The summed E-state index contributed by atoms with van der Waals surface area (Å²) in [6.45, 7) is 0. The van der Waals surface area contributed by atoms with Gasteiger partial charge in [-0.05, 0) is 12.1 Å². The molecule has 7 heteroatoms. The molecule has 0 unspecified atom stereocenters. The van der Waals surface area contributed by atoms with Gasteiger partial charge in [-0.1, -0.05) is 42.5 Å². The average molecular weight is 334 g/mol. The third kappa shape index (κ3) is 2.65. The van der Waals surface area contributed by atoms with E-state index >= 15 is 0 Å². The van der Waals surface area contributed by atoms with Gasteiger partial charge in [0.1, 0.15) is 11.9 Å². The van der Waals surface area contributed by atoms with Gasteiger partial charge < -0.3 is 5.32 Å². The lowest BCUT2D eigenvalue weighted by atomic mass is 10.1. The van der Waals surface area contributed by atoms with Gasteiger partial charge in [0.25, 0.3) is 5.91 Å². The van der Waals surface area contributed by atoms with Crippen LogP contribution < -0.4 is 10.6 Å². The Balaban J connectivity index is 1.78. The summed E-state index contributed by atoms with van der Waals surface area (Å²) in [5.41, 5.74) is 2.15. The number of benzene rings is 2. The van der Waals surface area contributed by atoms with E-state index in [9.17, 15) is 14.4 Å². The van der Waals surface area contributed by atoms with Crippen LogP contribution in [0.1, 0.15) is 11.2 Å². The van der Waals surface area contributed by atoms with E-state index in [1.807, 2.05) is 48.5 Å². The molecule has 1 aliphatic heterocycles. The Labute approximate surface area is 142 Å². The molecule has 1 atom stereocenters. The van der Waals surface area contributed by atoms with Crippen LogP contribution in [-0.2, 0) is 4.79 Å². The first-order chi connectivity index (χ1) is 12.1. The minimum Gasteiger partial charge on any atom is -0.325 e. The molecule has 3 amide bonds. The predicted molar refractivity (Wildman–Crippen MR) is 90.9 cm³/mol. The summed E-state index contributed by atoms with van der Waals surface area (Å²) in [5.74, 6) is -0.296. The van der Waals surface area contributed by atoms with Crippen molar-refractivity contribution in [2.75, 3.05) is 0 Å². The maximum Gasteiger partial charge on any atom is 0.322 e. The molecule has 124 valence electrons. The first-order valence-electron chi connectivity index (χ1n) is 7.81. The standard InChI is InChI=1S/C18H14N4O3/c23-15(10-13-17(24)21-18(25)20-13)22-14-9-5-4-8-12(14)19-16(22)11-6-2-1-3-7-11/h1-9,13H,10H2,(H2,20,21,24,25)/t13-/m1/s1. The maximum atomic E-state index is 12.9. The lowest BCUT2D eigenvalue weighted by Crippen LogP contribution is -2.33. The van der Waals surface area contributed by atoms with Gasteiger partial charge in [-0.25, -0.2) is 9.78 Å². The monoisotopic (exact) mass is 334 g/mol. The summed E-state index contributed by atoms with van der Waals surface area (Å²) in [7, 11) is 0. The number of imidazole rings is 1. The van der Waals surface area contributed by atoms with Gasteiger partial charge in [0.05, 0.1) is 17.5 Å².